The number of hydrogen-bond acceptors (Lipinski definition) is 3. The Morgan fingerprint density at radius 1 is 1.53 bits per heavy atom. The Morgan fingerprint density at radius 2 is 2.20 bits per heavy atom. The van der Waals surface area contributed by atoms with Crippen LogP contribution in [0.4, 0.5) is 5.69 Å². The van der Waals surface area contributed by atoms with Crippen LogP contribution in [-0.2, 0) is 0 Å². The van der Waals surface area contributed by atoms with Gasteiger partial charge < -0.3 is 11.1 Å². The number of rotatable bonds is 5. The lowest BCUT2D eigenvalue weighted by Gasteiger charge is -2.16. The van der Waals surface area contributed by atoms with E-state index in [1.807, 2.05) is 36.0 Å². The van der Waals surface area contributed by atoms with Crippen molar-refractivity contribution >= 4 is 34.7 Å². The molecule has 3 N–H and O–H groups in total. The molecule has 0 radical (unpaired) electrons. The minimum absolute atomic E-state index is 0.412. The average molecular weight is 240 g/mol. The van der Waals surface area contributed by atoms with Crippen molar-refractivity contribution < 1.29 is 0 Å². The van der Waals surface area contributed by atoms with Crippen molar-refractivity contribution in [3.8, 4) is 0 Å². The molecule has 0 bridgehead atoms. The molecule has 1 rings (SSSR count). The Hall–Kier alpha value is -0.740. The first-order chi connectivity index (χ1) is 7.15. The van der Waals surface area contributed by atoms with E-state index in [0.717, 1.165) is 17.0 Å². The van der Waals surface area contributed by atoms with Gasteiger partial charge in [0.15, 0.2) is 0 Å². The first kappa shape index (κ1) is 12.3. The summed E-state index contributed by atoms with van der Waals surface area (Å²) < 4.78 is 0. The molecule has 0 saturated carbocycles. The summed E-state index contributed by atoms with van der Waals surface area (Å²) >= 11 is 6.82. The summed E-state index contributed by atoms with van der Waals surface area (Å²) in [4.78, 5) is 0.439. The summed E-state index contributed by atoms with van der Waals surface area (Å²) in [5.74, 6) is 1.06. The van der Waals surface area contributed by atoms with E-state index in [9.17, 15) is 0 Å². The maximum absolute atomic E-state index is 5.65. The molecule has 82 valence electrons. The van der Waals surface area contributed by atoms with E-state index in [-0.39, 0.29) is 0 Å². The smallest absolute Gasteiger partial charge is 0.106 e. The standard InChI is InChI=1S/C11H16N2S2/c1-8(7-15-2)13-10-6-4-3-5-9(10)11(12)14/h3-6,8,13H,7H2,1-2H3,(H2,12,14). The number of nitrogens with two attached hydrogens (primary N) is 1. The molecule has 1 atom stereocenters. The number of para-hydroxylation sites is 1. The third-order valence-corrected chi connectivity index (χ3v) is 3.06. The Labute approximate surface area is 101 Å². The molecule has 4 heteroatoms. The van der Waals surface area contributed by atoms with E-state index >= 15 is 0 Å². The van der Waals surface area contributed by atoms with Gasteiger partial charge >= 0.3 is 0 Å². The van der Waals surface area contributed by atoms with Gasteiger partial charge in [-0.15, -0.1) is 0 Å². The van der Waals surface area contributed by atoms with E-state index < -0.39 is 0 Å². The van der Waals surface area contributed by atoms with E-state index in [0.29, 0.717) is 11.0 Å². The van der Waals surface area contributed by atoms with Crippen LogP contribution in [0.25, 0.3) is 0 Å². The van der Waals surface area contributed by atoms with E-state index in [1.54, 1.807) is 0 Å². The number of thioether (sulfide) groups is 1. The lowest BCUT2D eigenvalue weighted by atomic mass is 10.1. The van der Waals surface area contributed by atoms with Crippen LogP contribution in [0, 0.1) is 0 Å². The van der Waals surface area contributed by atoms with Crippen molar-refractivity contribution in [1.82, 2.24) is 0 Å². The maximum Gasteiger partial charge on any atom is 0.106 e. The quantitative estimate of drug-likeness (QED) is 0.776. The Kier molecular flexibility index (Phi) is 4.91. The van der Waals surface area contributed by atoms with Gasteiger partial charge in [0, 0.05) is 23.0 Å². The Balaban J connectivity index is 2.79. The number of hydrogen-bond donors (Lipinski definition) is 2. The molecule has 0 spiro atoms. The molecule has 15 heavy (non-hydrogen) atoms. The van der Waals surface area contributed by atoms with Crippen LogP contribution in [-0.4, -0.2) is 23.0 Å². The van der Waals surface area contributed by atoms with Crippen LogP contribution in [0.1, 0.15) is 12.5 Å². The van der Waals surface area contributed by atoms with Crippen LogP contribution < -0.4 is 11.1 Å². The van der Waals surface area contributed by atoms with Gasteiger partial charge in [0.1, 0.15) is 4.99 Å². The molecule has 0 aliphatic carbocycles. The van der Waals surface area contributed by atoms with Crippen LogP contribution >= 0.6 is 24.0 Å². The molecule has 0 saturated heterocycles. The van der Waals surface area contributed by atoms with Crippen molar-refractivity contribution in [2.75, 3.05) is 17.3 Å². The number of nitrogens with one attached hydrogen (secondary N) is 1. The van der Waals surface area contributed by atoms with Gasteiger partial charge in [-0.3, -0.25) is 0 Å². The molecule has 0 fully saturated rings. The molecule has 0 aliphatic heterocycles. The second-order valence-corrected chi connectivity index (χ2v) is 4.76. The topological polar surface area (TPSA) is 38.0 Å². The Morgan fingerprint density at radius 3 is 2.80 bits per heavy atom. The highest BCUT2D eigenvalue weighted by Gasteiger charge is 2.06. The summed E-state index contributed by atoms with van der Waals surface area (Å²) in [6.07, 6.45) is 2.09. The summed E-state index contributed by atoms with van der Waals surface area (Å²) in [6, 6.07) is 8.28. The van der Waals surface area contributed by atoms with Gasteiger partial charge in [0.2, 0.25) is 0 Å². The molecule has 1 unspecified atom stereocenters. The molecule has 1 aromatic rings. The molecule has 0 aliphatic rings. The van der Waals surface area contributed by atoms with Crippen molar-refractivity contribution in [2.24, 2.45) is 5.73 Å². The Bertz CT molecular complexity index is 339. The third-order valence-electron chi connectivity index (χ3n) is 2.01. The monoisotopic (exact) mass is 240 g/mol. The predicted octanol–water partition coefficient (Wildman–Crippen LogP) is 2.48. The third kappa shape index (κ3) is 3.72. The van der Waals surface area contributed by atoms with Crippen molar-refractivity contribution in [3.63, 3.8) is 0 Å². The summed E-state index contributed by atoms with van der Waals surface area (Å²) in [7, 11) is 0. The van der Waals surface area contributed by atoms with E-state index in [1.165, 1.54) is 0 Å². The van der Waals surface area contributed by atoms with Crippen molar-refractivity contribution in [1.29, 1.82) is 0 Å². The van der Waals surface area contributed by atoms with Gasteiger partial charge in [-0.25, -0.2) is 0 Å². The zero-order valence-electron chi connectivity index (χ0n) is 8.99. The number of benzene rings is 1. The second-order valence-electron chi connectivity index (χ2n) is 3.41. The summed E-state index contributed by atoms with van der Waals surface area (Å²) in [5.41, 5.74) is 7.59. The molecular weight excluding hydrogens is 224 g/mol. The van der Waals surface area contributed by atoms with Crippen LogP contribution in [0.2, 0.25) is 0 Å². The second kappa shape index (κ2) is 5.98. The lowest BCUT2D eigenvalue weighted by molar-refractivity contribution is 0.914. The molecular formula is C11H16N2S2. The minimum Gasteiger partial charge on any atom is -0.389 e. The van der Waals surface area contributed by atoms with Crippen molar-refractivity contribution in [2.45, 2.75) is 13.0 Å². The first-order valence-electron chi connectivity index (χ1n) is 4.79. The van der Waals surface area contributed by atoms with Gasteiger partial charge in [-0.05, 0) is 25.3 Å². The minimum atomic E-state index is 0.412. The SMILES string of the molecule is CSCC(C)Nc1ccccc1C(N)=S. The molecule has 0 aromatic heterocycles. The fourth-order valence-corrected chi connectivity index (χ4v) is 2.14. The predicted molar refractivity (Wildman–Crippen MR) is 73.8 cm³/mol. The summed E-state index contributed by atoms with van der Waals surface area (Å²) in [5, 5.41) is 3.40. The molecule has 1 aromatic carbocycles. The summed E-state index contributed by atoms with van der Waals surface area (Å²) in [6.45, 7) is 2.15. The van der Waals surface area contributed by atoms with E-state index in [4.69, 9.17) is 18.0 Å². The van der Waals surface area contributed by atoms with Crippen LogP contribution in [0.15, 0.2) is 24.3 Å². The fraction of sp³-hybridized carbons (Fsp3) is 0.364. The maximum atomic E-state index is 5.65. The molecule has 2 nitrogen and oxygen atoms in total. The molecule has 0 heterocycles. The van der Waals surface area contributed by atoms with Crippen LogP contribution in [0.5, 0.6) is 0 Å². The average Bonchev–Trinajstić information content (AvgIpc) is 2.18. The number of anilines is 1. The van der Waals surface area contributed by atoms with Gasteiger partial charge in [0.05, 0.1) is 0 Å². The van der Waals surface area contributed by atoms with Gasteiger partial charge in [-0.2, -0.15) is 11.8 Å². The fourth-order valence-electron chi connectivity index (χ4n) is 1.38. The number of thiocarbonyl (C=S) groups is 1. The van der Waals surface area contributed by atoms with E-state index in [2.05, 4.69) is 18.5 Å². The zero-order valence-corrected chi connectivity index (χ0v) is 10.6. The van der Waals surface area contributed by atoms with Gasteiger partial charge in [0.25, 0.3) is 0 Å². The highest BCUT2D eigenvalue weighted by molar-refractivity contribution is 7.98. The van der Waals surface area contributed by atoms with Crippen molar-refractivity contribution in [3.05, 3.63) is 29.8 Å². The lowest BCUT2D eigenvalue weighted by Crippen LogP contribution is -2.21. The highest BCUT2D eigenvalue weighted by Crippen LogP contribution is 2.16. The zero-order chi connectivity index (χ0) is 11.3. The largest absolute Gasteiger partial charge is 0.389 e. The van der Waals surface area contributed by atoms with Crippen LogP contribution in [0.3, 0.4) is 0 Å². The normalized spacial score (nSPS) is 12.1. The first-order valence-corrected chi connectivity index (χ1v) is 6.59. The highest BCUT2D eigenvalue weighted by atomic mass is 32.2. The van der Waals surface area contributed by atoms with Gasteiger partial charge in [-0.1, -0.05) is 24.4 Å². The molecule has 0 amide bonds.